The highest BCUT2D eigenvalue weighted by molar-refractivity contribution is 5.87. The first-order chi connectivity index (χ1) is 8.53. The topological polar surface area (TPSA) is 84.7 Å². The molecule has 2 rings (SSSR count). The molecule has 0 aromatic carbocycles. The van der Waals surface area contributed by atoms with E-state index in [0.29, 0.717) is 13.2 Å². The van der Waals surface area contributed by atoms with Gasteiger partial charge in [0.05, 0.1) is 18.7 Å². The Kier molecular flexibility index (Phi) is 3.87. The van der Waals surface area contributed by atoms with Gasteiger partial charge >= 0.3 is 0 Å². The van der Waals surface area contributed by atoms with Crippen molar-refractivity contribution in [3.63, 3.8) is 0 Å². The Bertz CT molecular complexity index is 339. The van der Waals surface area contributed by atoms with Gasteiger partial charge in [0.25, 0.3) is 0 Å². The minimum Gasteiger partial charge on any atom is -0.367 e. The molecule has 0 aromatic heterocycles. The number of nitrogens with zero attached hydrogens (tertiary/aromatic N) is 1. The van der Waals surface area contributed by atoms with Crippen molar-refractivity contribution in [3.8, 4) is 0 Å². The molecule has 6 heteroatoms. The smallest absolute Gasteiger partial charge is 0.248 e. The van der Waals surface area contributed by atoms with Crippen molar-refractivity contribution < 1.29 is 14.3 Å². The zero-order valence-electron chi connectivity index (χ0n) is 10.8. The minimum atomic E-state index is -0.671. The lowest BCUT2D eigenvalue weighted by Crippen LogP contribution is -2.61. The van der Waals surface area contributed by atoms with Gasteiger partial charge in [0.2, 0.25) is 11.8 Å². The molecule has 2 saturated heterocycles. The summed E-state index contributed by atoms with van der Waals surface area (Å²) >= 11 is 0. The molecule has 0 spiro atoms. The molecule has 2 unspecified atom stereocenters. The van der Waals surface area contributed by atoms with Gasteiger partial charge < -0.3 is 20.7 Å². The molecule has 0 aliphatic carbocycles. The summed E-state index contributed by atoms with van der Waals surface area (Å²) in [7, 11) is 0. The SMILES string of the molecule is CC1(C(=O)N2CCOC(C(N)=O)C2)CCCCN1. The maximum absolute atomic E-state index is 12.5. The highest BCUT2D eigenvalue weighted by Crippen LogP contribution is 2.22. The van der Waals surface area contributed by atoms with Crippen LogP contribution in [0.3, 0.4) is 0 Å². The zero-order chi connectivity index (χ0) is 13.2. The van der Waals surface area contributed by atoms with Crippen LogP contribution in [0.1, 0.15) is 26.2 Å². The molecule has 0 radical (unpaired) electrons. The Morgan fingerprint density at radius 3 is 2.83 bits per heavy atom. The third kappa shape index (κ3) is 2.64. The number of carbonyl (C=O) groups excluding carboxylic acids is 2. The van der Waals surface area contributed by atoms with Crippen molar-refractivity contribution >= 4 is 11.8 Å². The summed E-state index contributed by atoms with van der Waals surface area (Å²) in [5, 5.41) is 3.29. The molecule has 18 heavy (non-hydrogen) atoms. The number of morpholine rings is 1. The molecule has 2 heterocycles. The van der Waals surface area contributed by atoms with E-state index in [4.69, 9.17) is 10.5 Å². The molecule has 102 valence electrons. The number of ether oxygens (including phenoxy) is 1. The summed E-state index contributed by atoms with van der Waals surface area (Å²) in [6.07, 6.45) is 2.33. The van der Waals surface area contributed by atoms with E-state index in [9.17, 15) is 9.59 Å². The Balaban J connectivity index is 2.01. The highest BCUT2D eigenvalue weighted by Gasteiger charge is 2.39. The van der Waals surface area contributed by atoms with Gasteiger partial charge in [-0.3, -0.25) is 9.59 Å². The number of hydrogen-bond donors (Lipinski definition) is 2. The number of piperidine rings is 1. The summed E-state index contributed by atoms with van der Waals surface area (Å²) in [4.78, 5) is 25.3. The average molecular weight is 255 g/mol. The molecule has 6 nitrogen and oxygen atoms in total. The Hall–Kier alpha value is -1.14. The van der Waals surface area contributed by atoms with Crippen LogP contribution in [0.5, 0.6) is 0 Å². The summed E-state index contributed by atoms with van der Waals surface area (Å²) in [5.41, 5.74) is 4.72. The lowest BCUT2D eigenvalue weighted by atomic mass is 9.89. The Morgan fingerprint density at radius 1 is 1.44 bits per heavy atom. The third-order valence-corrected chi connectivity index (χ3v) is 3.76. The molecule has 2 atom stereocenters. The number of nitrogens with one attached hydrogen (secondary N) is 1. The van der Waals surface area contributed by atoms with E-state index in [1.54, 1.807) is 4.90 Å². The summed E-state index contributed by atoms with van der Waals surface area (Å²) in [6, 6.07) is 0. The van der Waals surface area contributed by atoms with Crippen molar-refractivity contribution in [1.29, 1.82) is 0 Å². The molecular weight excluding hydrogens is 234 g/mol. The number of carbonyl (C=O) groups is 2. The quantitative estimate of drug-likeness (QED) is 0.678. The van der Waals surface area contributed by atoms with Gasteiger partial charge in [-0.2, -0.15) is 0 Å². The third-order valence-electron chi connectivity index (χ3n) is 3.76. The van der Waals surface area contributed by atoms with E-state index in [0.717, 1.165) is 25.8 Å². The summed E-state index contributed by atoms with van der Waals surface area (Å²) < 4.78 is 5.25. The van der Waals surface area contributed by atoms with Crippen LogP contribution in [0, 0.1) is 0 Å². The Morgan fingerprint density at radius 2 is 2.22 bits per heavy atom. The number of hydrogen-bond acceptors (Lipinski definition) is 4. The standard InChI is InChI=1S/C12H21N3O3/c1-12(4-2-3-5-14-12)11(17)15-6-7-18-9(8-15)10(13)16/h9,14H,2-8H2,1H3,(H2,13,16). The summed E-state index contributed by atoms with van der Waals surface area (Å²) in [5.74, 6) is -0.453. The van der Waals surface area contributed by atoms with Crippen molar-refractivity contribution in [2.45, 2.75) is 37.8 Å². The van der Waals surface area contributed by atoms with E-state index in [2.05, 4.69) is 5.32 Å². The van der Waals surface area contributed by atoms with Crippen LogP contribution in [0.4, 0.5) is 0 Å². The predicted molar refractivity (Wildman–Crippen MR) is 65.8 cm³/mol. The van der Waals surface area contributed by atoms with E-state index in [1.165, 1.54) is 0 Å². The van der Waals surface area contributed by atoms with Crippen LogP contribution in [0.15, 0.2) is 0 Å². The molecular formula is C12H21N3O3. The normalized spacial score (nSPS) is 33.2. The van der Waals surface area contributed by atoms with E-state index >= 15 is 0 Å². The van der Waals surface area contributed by atoms with Crippen molar-refractivity contribution in [3.05, 3.63) is 0 Å². The minimum absolute atomic E-state index is 0.0525. The zero-order valence-corrected chi connectivity index (χ0v) is 10.8. The first-order valence-corrected chi connectivity index (χ1v) is 6.48. The van der Waals surface area contributed by atoms with E-state index < -0.39 is 17.6 Å². The molecule has 3 N–H and O–H groups in total. The predicted octanol–water partition coefficient (Wildman–Crippen LogP) is -0.769. The first-order valence-electron chi connectivity index (χ1n) is 6.48. The largest absolute Gasteiger partial charge is 0.367 e. The van der Waals surface area contributed by atoms with Crippen LogP contribution >= 0.6 is 0 Å². The molecule has 0 aromatic rings. The van der Waals surface area contributed by atoms with Gasteiger partial charge in [0.15, 0.2) is 6.10 Å². The second kappa shape index (κ2) is 5.24. The van der Waals surface area contributed by atoms with E-state index in [-0.39, 0.29) is 12.5 Å². The lowest BCUT2D eigenvalue weighted by molar-refractivity contribution is -0.150. The van der Waals surface area contributed by atoms with Crippen molar-refractivity contribution in [1.82, 2.24) is 10.2 Å². The van der Waals surface area contributed by atoms with Crippen LogP contribution in [-0.4, -0.2) is 54.6 Å². The van der Waals surface area contributed by atoms with Crippen LogP contribution in [0.2, 0.25) is 0 Å². The van der Waals surface area contributed by atoms with E-state index in [1.807, 2.05) is 6.92 Å². The van der Waals surface area contributed by atoms with Gasteiger partial charge in [0, 0.05) is 6.54 Å². The molecule has 2 amide bonds. The molecule has 2 fully saturated rings. The van der Waals surface area contributed by atoms with Gasteiger partial charge in [0.1, 0.15) is 0 Å². The number of nitrogens with two attached hydrogens (primary N) is 1. The van der Waals surface area contributed by atoms with Crippen molar-refractivity contribution in [2.75, 3.05) is 26.2 Å². The second-order valence-corrected chi connectivity index (χ2v) is 5.23. The molecule has 0 bridgehead atoms. The second-order valence-electron chi connectivity index (χ2n) is 5.23. The van der Waals surface area contributed by atoms with Crippen LogP contribution in [0.25, 0.3) is 0 Å². The van der Waals surface area contributed by atoms with Crippen LogP contribution < -0.4 is 11.1 Å². The van der Waals surface area contributed by atoms with Gasteiger partial charge in [-0.05, 0) is 32.7 Å². The maximum atomic E-state index is 12.5. The number of primary amides is 1. The monoisotopic (exact) mass is 255 g/mol. The number of rotatable bonds is 2. The fraction of sp³-hybridized carbons (Fsp3) is 0.833. The first kappa shape index (κ1) is 13.3. The lowest BCUT2D eigenvalue weighted by Gasteiger charge is -2.40. The van der Waals surface area contributed by atoms with Crippen molar-refractivity contribution in [2.24, 2.45) is 5.73 Å². The summed E-state index contributed by atoms with van der Waals surface area (Å²) in [6.45, 7) is 3.97. The molecule has 2 aliphatic heterocycles. The maximum Gasteiger partial charge on any atom is 0.248 e. The fourth-order valence-corrected chi connectivity index (χ4v) is 2.59. The number of amides is 2. The molecule has 0 saturated carbocycles. The van der Waals surface area contributed by atoms with Gasteiger partial charge in [-0.1, -0.05) is 0 Å². The average Bonchev–Trinajstić information content (AvgIpc) is 2.39. The van der Waals surface area contributed by atoms with Crippen LogP contribution in [-0.2, 0) is 14.3 Å². The van der Waals surface area contributed by atoms with Gasteiger partial charge in [-0.25, -0.2) is 0 Å². The van der Waals surface area contributed by atoms with Gasteiger partial charge in [-0.15, -0.1) is 0 Å². The fourth-order valence-electron chi connectivity index (χ4n) is 2.59. The Labute approximate surface area is 107 Å². The molecule has 2 aliphatic rings. The highest BCUT2D eigenvalue weighted by atomic mass is 16.5.